The van der Waals surface area contributed by atoms with Gasteiger partial charge in [0.05, 0.1) is 6.10 Å². The zero-order chi connectivity index (χ0) is 17.3. The Kier molecular flexibility index (Phi) is 4.75. The monoisotopic (exact) mass is 354 g/mol. The first-order valence-electron chi connectivity index (χ1n) is 7.88. The van der Waals surface area contributed by atoms with Crippen molar-refractivity contribution in [2.45, 2.75) is 38.8 Å². The molecule has 0 saturated carbocycles. The van der Waals surface area contributed by atoms with E-state index in [0.717, 1.165) is 0 Å². The van der Waals surface area contributed by atoms with Crippen LogP contribution in [0.15, 0.2) is 6.33 Å². The van der Waals surface area contributed by atoms with E-state index in [1.54, 1.807) is 9.80 Å². The van der Waals surface area contributed by atoms with Crippen LogP contribution in [0.2, 0.25) is 5.15 Å². The number of halogens is 1. The Morgan fingerprint density at radius 3 is 2.75 bits per heavy atom. The van der Waals surface area contributed by atoms with Crippen LogP contribution in [0.4, 0.5) is 10.6 Å². The fourth-order valence-electron chi connectivity index (χ4n) is 2.92. The molecule has 2 aliphatic rings. The first kappa shape index (κ1) is 16.8. The normalized spacial score (nSPS) is 18.4. The van der Waals surface area contributed by atoms with Crippen LogP contribution in [0, 0.1) is 0 Å². The Bertz CT molecular complexity index is 646. The van der Waals surface area contributed by atoms with Crippen LogP contribution in [-0.2, 0) is 9.53 Å². The fourth-order valence-corrected chi connectivity index (χ4v) is 3.10. The van der Waals surface area contributed by atoms with Crippen LogP contribution in [0.5, 0.6) is 5.75 Å². The molecule has 1 aromatic rings. The van der Waals surface area contributed by atoms with Crippen molar-refractivity contribution in [3.63, 3.8) is 0 Å². The van der Waals surface area contributed by atoms with Crippen LogP contribution in [0.25, 0.3) is 0 Å². The van der Waals surface area contributed by atoms with Gasteiger partial charge in [-0.05, 0) is 26.7 Å². The van der Waals surface area contributed by atoms with Crippen molar-refractivity contribution >= 4 is 29.4 Å². The molecule has 2 amide bonds. The smallest absolute Gasteiger partial charge is 0.410 e. The number of hydrogen-bond donors (Lipinski definition) is 0. The molecule has 0 aromatic carbocycles. The van der Waals surface area contributed by atoms with Crippen molar-refractivity contribution in [1.82, 2.24) is 14.9 Å². The molecular weight excluding hydrogens is 336 g/mol. The summed E-state index contributed by atoms with van der Waals surface area (Å²) in [6, 6.07) is -0.0609. The second-order valence-electron chi connectivity index (χ2n) is 6.02. The second-order valence-corrected chi connectivity index (χ2v) is 6.38. The maximum absolute atomic E-state index is 12.3. The third-order valence-electron chi connectivity index (χ3n) is 4.00. The number of fused-ring (bicyclic) bond motifs is 1. The highest BCUT2D eigenvalue weighted by atomic mass is 35.5. The van der Waals surface area contributed by atoms with Gasteiger partial charge in [0.15, 0.2) is 23.3 Å². The van der Waals surface area contributed by atoms with Gasteiger partial charge < -0.3 is 14.4 Å². The van der Waals surface area contributed by atoms with Gasteiger partial charge in [-0.3, -0.25) is 9.69 Å². The van der Waals surface area contributed by atoms with E-state index in [0.29, 0.717) is 37.5 Å². The van der Waals surface area contributed by atoms with Crippen LogP contribution in [0.3, 0.4) is 0 Å². The molecule has 0 atom stereocenters. The molecule has 1 fully saturated rings. The number of nitrogens with zero attached hydrogens (tertiary/aromatic N) is 4. The van der Waals surface area contributed by atoms with Gasteiger partial charge in [-0.25, -0.2) is 14.8 Å². The number of carbonyl (C=O) groups is 2. The molecule has 2 aliphatic heterocycles. The van der Waals surface area contributed by atoms with E-state index >= 15 is 0 Å². The molecular formula is C15H19ClN4O4. The maximum Gasteiger partial charge on any atom is 0.410 e. The molecule has 24 heavy (non-hydrogen) atoms. The number of amides is 2. The quantitative estimate of drug-likeness (QED) is 0.754. The van der Waals surface area contributed by atoms with E-state index < -0.39 is 0 Å². The first-order valence-corrected chi connectivity index (χ1v) is 8.26. The highest BCUT2D eigenvalue weighted by Crippen LogP contribution is 2.37. The van der Waals surface area contributed by atoms with Crippen LogP contribution in [0.1, 0.15) is 26.7 Å². The zero-order valence-corrected chi connectivity index (χ0v) is 14.3. The maximum atomic E-state index is 12.3. The summed E-state index contributed by atoms with van der Waals surface area (Å²) in [4.78, 5) is 35.6. The summed E-state index contributed by atoms with van der Waals surface area (Å²) in [6.45, 7) is 4.59. The number of hydrogen-bond acceptors (Lipinski definition) is 6. The molecule has 3 rings (SSSR count). The van der Waals surface area contributed by atoms with Gasteiger partial charge in [0.25, 0.3) is 5.91 Å². The van der Waals surface area contributed by atoms with Crippen molar-refractivity contribution in [2.24, 2.45) is 0 Å². The SMILES string of the molecule is CC(C)OC(=O)N1CCC(N2C(=O)COc3c(Cl)ncnc32)CC1. The molecule has 9 heteroatoms. The van der Waals surface area contributed by atoms with Crippen LogP contribution < -0.4 is 9.64 Å². The van der Waals surface area contributed by atoms with Gasteiger partial charge in [-0.2, -0.15) is 0 Å². The molecule has 0 spiro atoms. The molecule has 3 heterocycles. The van der Waals surface area contributed by atoms with Gasteiger partial charge >= 0.3 is 6.09 Å². The van der Waals surface area contributed by atoms with E-state index in [1.807, 2.05) is 13.8 Å². The number of likely N-dealkylation sites (tertiary alicyclic amines) is 1. The van der Waals surface area contributed by atoms with E-state index in [2.05, 4.69) is 9.97 Å². The molecule has 1 aromatic heterocycles. The molecule has 0 N–H and O–H groups in total. The Morgan fingerprint density at radius 2 is 2.08 bits per heavy atom. The first-order chi connectivity index (χ1) is 11.5. The lowest BCUT2D eigenvalue weighted by Gasteiger charge is -2.39. The van der Waals surface area contributed by atoms with Crippen molar-refractivity contribution in [3.05, 3.63) is 11.5 Å². The standard InChI is InChI=1S/C15H19ClN4O4/c1-9(2)24-15(22)19-5-3-10(4-6-19)20-11(21)7-23-12-13(16)17-8-18-14(12)20/h8-10H,3-7H2,1-2H3. The molecule has 0 bridgehead atoms. The summed E-state index contributed by atoms with van der Waals surface area (Å²) >= 11 is 6.02. The lowest BCUT2D eigenvalue weighted by molar-refractivity contribution is -0.122. The molecule has 0 unspecified atom stereocenters. The second kappa shape index (κ2) is 6.80. The summed E-state index contributed by atoms with van der Waals surface area (Å²) < 4.78 is 10.6. The minimum absolute atomic E-state index is 0.0609. The zero-order valence-electron chi connectivity index (χ0n) is 13.6. The molecule has 130 valence electrons. The molecule has 0 aliphatic carbocycles. The van der Waals surface area contributed by atoms with E-state index in [-0.39, 0.29) is 35.9 Å². The predicted molar refractivity (Wildman–Crippen MR) is 86.2 cm³/mol. The molecule has 0 radical (unpaired) electrons. The average Bonchev–Trinajstić information content (AvgIpc) is 2.54. The summed E-state index contributed by atoms with van der Waals surface area (Å²) in [5.74, 6) is 0.565. The number of anilines is 1. The van der Waals surface area contributed by atoms with Gasteiger partial charge in [-0.1, -0.05) is 11.6 Å². The van der Waals surface area contributed by atoms with E-state index in [1.165, 1.54) is 6.33 Å². The Morgan fingerprint density at radius 1 is 1.38 bits per heavy atom. The van der Waals surface area contributed by atoms with Crippen LogP contribution >= 0.6 is 11.6 Å². The van der Waals surface area contributed by atoms with Crippen molar-refractivity contribution in [3.8, 4) is 5.75 Å². The van der Waals surface area contributed by atoms with E-state index in [9.17, 15) is 9.59 Å². The third-order valence-corrected chi connectivity index (χ3v) is 4.27. The van der Waals surface area contributed by atoms with Gasteiger partial charge in [0.1, 0.15) is 6.33 Å². The van der Waals surface area contributed by atoms with Gasteiger partial charge in [-0.15, -0.1) is 0 Å². The Hall–Kier alpha value is -2.09. The van der Waals surface area contributed by atoms with E-state index in [4.69, 9.17) is 21.1 Å². The predicted octanol–water partition coefficient (Wildman–Crippen LogP) is 1.86. The molecule has 1 saturated heterocycles. The van der Waals surface area contributed by atoms with Gasteiger partial charge in [0.2, 0.25) is 0 Å². The van der Waals surface area contributed by atoms with Crippen molar-refractivity contribution in [1.29, 1.82) is 0 Å². The van der Waals surface area contributed by atoms with Crippen molar-refractivity contribution < 1.29 is 19.1 Å². The number of carbonyl (C=O) groups excluding carboxylic acids is 2. The largest absolute Gasteiger partial charge is 0.477 e. The minimum Gasteiger partial charge on any atom is -0.477 e. The fraction of sp³-hybridized carbons (Fsp3) is 0.600. The van der Waals surface area contributed by atoms with Crippen molar-refractivity contribution in [2.75, 3.05) is 24.6 Å². The summed E-state index contributed by atoms with van der Waals surface area (Å²) in [5.41, 5.74) is 0. The minimum atomic E-state index is -0.317. The molecule has 8 nitrogen and oxygen atoms in total. The summed E-state index contributed by atoms with van der Waals surface area (Å²) in [6.07, 6.45) is 2.12. The van der Waals surface area contributed by atoms with Gasteiger partial charge in [0, 0.05) is 19.1 Å². The Balaban J connectivity index is 1.72. The van der Waals surface area contributed by atoms with Crippen LogP contribution in [-0.4, -0.2) is 58.7 Å². The number of aromatic nitrogens is 2. The number of piperidine rings is 1. The summed E-state index contributed by atoms with van der Waals surface area (Å²) in [7, 11) is 0. The lowest BCUT2D eigenvalue weighted by atomic mass is 10.0. The highest BCUT2D eigenvalue weighted by molar-refractivity contribution is 6.31. The average molecular weight is 355 g/mol. The lowest BCUT2D eigenvalue weighted by Crippen LogP contribution is -2.52. The third kappa shape index (κ3) is 3.24. The topological polar surface area (TPSA) is 84.9 Å². The number of rotatable bonds is 2. The number of ether oxygens (including phenoxy) is 2. The summed E-state index contributed by atoms with van der Waals surface area (Å²) in [5, 5.41) is 0.190. The Labute approximate surface area is 144 Å². The highest BCUT2D eigenvalue weighted by Gasteiger charge is 2.37.